The molecule has 0 saturated heterocycles. The first-order chi connectivity index (χ1) is 13.0. The molecule has 6 nitrogen and oxygen atoms in total. The van der Waals surface area contributed by atoms with E-state index in [4.69, 9.17) is 9.52 Å². The molecule has 0 spiro atoms. The highest BCUT2D eigenvalue weighted by Crippen LogP contribution is 2.20. The molecule has 0 aliphatic carbocycles. The molecule has 2 aromatic carbocycles. The van der Waals surface area contributed by atoms with Crippen molar-refractivity contribution in [3.05, 3.63) is 64.1 Å². The lowest BCUT2D eigenvalue weighted by Crippen LogP contribution is -2.21. The fraction of sp³-hybridized carbons (Fsp3) is 0.238. The van der Waals surface area contributed by atoms with Crippen LogP contribution in [0.1, 0.15) is 11.3 Å². The Morgan fingerprint density at radius 1 is 1.04 bits per heavy atom. The minimum Gasteiger partial charge on any atom is -0.419 e. The van der Waals surface area contributed by atoms with Gasteiger partial charge in [0, 0.05) is 45.1 Å². The maximum Gasteiger partial charge on any atom is 0.362 e. The molecule has 0 aliphatic rings. The van der Waals surface area contributed by atoms with Crippen LogP contribution in [0.3, 0.4) is 0 Å². The van der Waals surface area contributed by atoms with E-state index < -0.39 is 5.63 Å². The van der Waals surface area contributed by atoms with Crippen molar-refractivity contribution >= 4 is 34.6 Å². The van der Waals surface area contributed by atoms with Crippen molar-refractivity contribution in [2.75, 3.05) is 44.1 Å². The Hall–Kier alpha value is -3.12. The van der Waals surface area contributed by atoms with Crippen LogP contribution in [0.5, 0.6) is 0 Å². The van der Waals surface area contributed by atoms with E-state index in [2.05, 4.69) is 4.98 Å². The molecule has 0 amide bonds. The molecule has 0 fully saturated rings. The van der Waals surface area contributed by atoms with Crippen LogP contribution >= 0.6 is 0 Å². The number of aliphatic hydroxyl groups excluding tert-OH is 1. The smallest absolute Gasteiger partial charge is 0.362 e. The fourth-order valence-electron chi connectivity index (χ4n) is 2.69. The molecule has 6 heteroatoms. The molecule has 0 saturated carbocycles. The number of rotatable bonds is 6. The third-order valence-corrected chi connectivity index (χ3v) is 4.32. The van der Waals surface area contributed by atoms with Gasteiger partial charge in [0.25, 0.3) is 0 Å². The Morgan fingerprint density at radius 2 is 1.74 bits per heavy atom. The van der Waals surface area contributed by atoms with E-state index in [1.54, 1.807) is 12.1 Å². The first kappa shape index (κ1) is 18.7. The minimum absolute atomic E-state index is 0.0516. The Morgan fingerprint density at radius 3 is 2.41 bits per heavy atom. The summed E-state index contributed by atoms with van der Waals surface area (Å²) in [5.74, 6) is 0. The van der Waals surface area contributed by atoms with Crippen molar-refractivity contribution < 1.29 is 9.52 Å². The third-order valence-electron chi connectivity index (χ3n) is 4.32. The molecule has 1 aromatic heterocycles. The average molecular weight is 365 g/mol. The molecule has 3 aromatic rings. The summed E-state index contributed by atoms with van der Waals surface area (Å²) in [6, 6.07) is 13.5. The van der Waals surface area contributed by atoms with E-state index >= 15 is 0 Å². The van der Waals surface area contributed by atoms with Crippen molar-refractivity contribution in [2.45, 2.75) is 0 Å². The summed E-state index contributed by atoms with van der Waals surface area (Å²) in [5, 5.41) is 9.05. The monoisotopic (exact) mass is 365 g/mol. The number of hydrogen-bond donors (Lipinski definition) is 1. The number of anilines is 2. The van der Waals surface area contributed by atoms with Crippen LogP contribution in [0, 0.1) is 0 Å². The van der Waals surface area contributed by atoms with Crippen LogP contribution in [0.2, 0.25) is 0 Å². The van der Waals surface area contributed by atoms with Crippen LogP contribution in [-0.4, -0.2) is 44.4 Å². The lowest BCUT2D eigenvalue weighted by molar-refractivity contribution is 0.304. The van der Waals surface area contributed by atoms with Crippen molar-refractivity contribution in [3.8, 4) is 0 Å². The second-order valence-corrected chi connectivity index (χ2v) is 6.50. The van der Waals surface area contributed by atoms with Gasteiger partial charge in [0.15, 0.2) is 5.58 Å². The van der Waals surface area contributed by atoms with Gasteiger partial charge in [-0.15, -0.1) is 0 Å². The molecular formula is C21H23N3O3. The van der Waals surface area contributed by atoms with E-state index in [1.165, 1.54) is 0 Å². The second kappa shape index (κ2) is 8.05. The Kier molecular flexibility index (Phi) is 5.57. The van der Waals surface area contributed by atoms with Crippen molar-refractivity contribution in [1.29, 1.82) is 0 Å². The summed E-state index contributed by atoms with van der Waals surface area (Å²) in [5.41, 5.74) is 3.75. The van der Waals surface area contributed by atoms with E-state index in [0.717, 1.165) is 16.9 Å². The first-order valence-electron chi connectivity index (χ1n) is 8.70. The highest BCUT2D eigenvalue weighted by Gasteiger charge is 2.08. The third kappa shape index (κ3) is 4.35. The summed E-state index contributed by atoms with van der Waals surface area (Å²) in [6.45, 7) is 0.548. The zero-order chi connectivity index (χ0) is 19.4. The first-order valence-corrected chi connectivity index (χ1v) is 8.70. The van der Waals surface area contributed by atoms with Gasteiger partial charge in [0.05, 0.1) is 6.61 Å². The molecule has 1 N–H and O–H groups in total. The number of aromatic nitrogens is 1. The summed E-state index contributed by atoms with van der Waals surface area (Å²) < 4.78 is 5.44. The molecule has 140 valence electrons. The Labute approximate surface area is 158 Å². The predicted molar refractivity (Wildman–Crippen MR) is 110 cm³/mol. The summed E-state index contributed by atoms with van der Waals surface area (Å²) in [7, 11) is 5.84. The van der Waals surface area contributed by atoms with Crippen molar-refractivity contribution in [2.24, 2.45) is 0 Å². The standard InChI is InChI=1S/C21H23N3O3/c1-23(2)16-7-4-15(5-8-16)6-10-19-21(26)27-20-14-17(24(3)12-13-25)9-11-18(20)22-19/h4-11,14,25H,12-13H2,1-3H3/b10-6+. The lowest BCUT2D eigenvalue weighted by atomic mass is 10.2. The molecule has 0 unspecified atom stereocenters. The van der Waals surface area contributed by atoms with Crippen LogP contribution < -0.4 is 15.4 Å². The Bertz CT molecular complexity index is 1010. The minimum atomic E-state index is -0.481. The Balaban J connectivity index is 1.87. The molecular weight excluding hydrogens is 342 g/mol. The normalized spacial score (nSPS) is 11.3. The van der Waals surface area contributed by atoms with E-state index in [0.29, 0.717) is 17.6 Å². The molecule has 0 bridgehead atoms. The van der Waals surface area contributed by atoms with Crippen LogP contribution in [0.4, 0.5) is 11.4 Å². The summed E-state index contributed by atoms with van der Waals surface area (Å²) in [4.78, 5) is 20.6. The van der Waals surface area contributed by atoms with Crippen molar-refractivity contribution in [3.63, 3.8) is 0 Å². The number of likely N-dealkylation sites (N-methyl/N-ethyl adjacent to an activating group) is 1. The quantitative estimate of drug-likeness (QED) is 0.724. The van der Waals surface area contributed by atoms with Gasteiger partial charge in [0.1, 0.15) is 11.2 Å². The van der Waals surface area contributed by atoms with Gasteiger partial charge in [-0.2, -0.15) is 0 Å². The van der Waals surface area contributed by atoms with Gasteiger partial charge in [0.2, 0.25) is 0 Å². The van der Waals surface area contributed by atoms with Crippen molar-refractivity contribution in [1.82, 2.24) is 4.98 Å². The number of benzene rings is 2. The van der Waals surface area contributed by atoms with Gasteiger partial charge in [-0.1, -0.05) is 18.2 Å². The zero-order valence-corrected chi connectivity index (χ0v) is 15.7. The number of aliphatic hydroxyl groups is 1. The van der Waals surface area contributed by atoms with E-state index in [9.17, 15) is 4.79 Å². The topological polar surface area (TPSA) is 69.8 Å². The van der Waals surface area contributed by atoms with Crippen LogP contribution in [0.15, 0.2) is 51.7 Å². The molecule has 1 heterocycles. The molecule has 3 rings (SSSR count). The van der Waals surface area contributed by atoms with Gasteiger partial charge in [-0.25, -0.2) is 9.78 Å². The SMILES string of the molecule is CN(C)c1ccc(/C=C/c2nc3ccc(N(C)CCO)cc3oc2=O)cc1. The molecule has 0 aliphatic heterocycles. The number of fused-ring (bicyclic) bond motifs is 1. The summed E-state index contributed by atoms with van der Waals surface area (Å²) in [6.07, 6.45) is 3.51. The van der Waals surface area contributed by atoms with Gasteiger partial charge in [-0.05, 0) is 35.9 Å². The second-order valence-electron chi connectivity index (χ2n) is 6.50. The molecule has 27 heavy (non-hydrogen) atoms. The largest absolute Gasteiger partial charge is 0.419 e. The lowest BCUT2D eigenvalue weighted by Gasteiger charge is -2.17. The highest BCUT2D eigenvalue weighted by molar-refractivity contribution is 5.78. The van der Waals surface area contributed by atoms with E-state index in [-0.39, 0.29) is 12.3 Å². The highest BCUT2D eigenvalue weighted by atomic mass is 16.4. The van der Waals surface area contributed by atoms with Crippen LogP contribution in [-0.2, 0) is 0 Å². The predicted octanol–water partition coefficient (Wildman–Crippen LogP) is 2.85. The maximum absolute atomic E-state index is 12.3. The van der Waals surface area contributed by atoms with Gasteiger partial charge >= 0.3 is 5.63 Å². The zero-order valence-electron chi connectivity index (χ0n) is 15.7. The van der Waals surface area contributed by atoms with Gasteiger partial charge in [-0.3, -0.25) is 0 Å². The molecule has 0 radical (unpaired) electrons. The molecule has 0 atom stereocenters. The number of hydrogen-bond acceptors (Lipinski definition) is 6. The van der Waals surface area contributed by atoms with E-state index in [1.807, 2.05) is 73.4 Å². The maximum atomic E-state index is 12.3. The fourth-order valence-corrected chi connectivity index (χ4v) is 2.69. The van der Waals surface area contributed by atoms with Crippen LogP contribution in [0.25, 0.3) is 23.3 Å². The van der Waals surface area contributed by atoms with Gasteiger partial charge < -0.3 is 19.3 Å². The summed E-state index contributed by atoms with van der Waals surface area (Å²) >= 11 is 0. The number of nitrogens with zero attached hydrogens (tertiary/aromatic N) is 3. The average Bonchev–Trinajstić information content (AvgIpc) is 2.66.